The molecule has 8 nitrogen and oxygen atoms in total. The minimum atomic E-state index is -0.859. The maximum absolute atomic E-state index is 11.1. The Morgan fingerprint density at radius 1 is 0.838 bits per heavy atom. The Morgan fingerprint density at radius 3 is 2.14 bits per heavy atom. The smallest absolute Gasteiger partial charge is 0.197 e. The number of anilines is 1. The first kappa shape index (κ1) is 23.8. The van der Waals surface area contributed by atoms with Crippen molar-refractivity contribution in [3.63, 3.8) is 0 Å². The summed E-state index contributed by atoms with van der Waals surface area (Å²) in [5.74, 6) is 1.65. The molecule has 0 radical (unpaired) electrons. The van der Waals surface area contributed by atoms with Crippen molar-refractivity contribution < 1.29 is 20.4 Å². The molecule has 0 unspecified atom stereocenters. The maximum atomic E-state index is 11.1. The molecule has 37 heavy (non-hydrogen) atoms. The van der Waals surface area contributed by atoms with E-state index in [0.29, 0.717) is 35.9 Å². The van der Waals surface area contributed by atoms with Crippen LogP contribution < -0.4 is 4.90 Å². The van der Waals surface area contributed by atoms with Crippen molar-refractivity contribution in [1.82, 2.24) is 13.8 Å². The highest BCUT2D eigenvalue weighted by atomic mass is 32.1. The number of benzene rings is 1. The van der Waals surface area contributed by atoms with Gasteiger partial charge in [-0.05, 0) is 54.8 Å². The number of hydrogen-bond donors (Lipinski definition) is 4. The van der Waals surface area contributed by atoms with Gasteiger partial charge >= 0.3 is 0 Å². The average Bonchev–Trinajstić information content (AvgIpc) is 3.65. The van der Waals surface area contributed by atoms with Gasteiger partial charge in [0, 0.05) is 67.6 Å². The highest BCUT2D eigenvalue weighted by molar-refractivity contribution is 7.13. The number of fused-ring (bicyclic) bond motifs is 6. The highest BCUT2D eigenvalue weighted by Crippen LogP contribution is 2.60. The standard InChI is InChI=1S/C28H36N4O4S/c33-24-19-13-20(25(24)34)23-22(19)27(35)32(28(23)36)15-17-6-2-1-5-16(17)14-30-9-11-31(12-10-30)26-18-7-3-4-8-21(18)37-29-26/h3-4,7-8,16-17,19-20,24-25,33-36H,1-2,5-6,9-15H2/t16-,17-,19-,20+,24-,25-/m0/s1. The van der Waals surface area contributed by atoms with E-state index < -0.39 is 12.2 Å². The second-order valence-electron chi connectivity index (χ2n) is 11.6. The van der Waals surface area contributed by atoms with Gasteiger partial charge < -0.3 is 25.3 Å². The topological polar surface area (TPSA) is 105 Å². The molecule has 1 aromatic carbocycles. The third-order valence-electron chi connectivity index (χ3n) is 9.71. The van der Waals surface area contributed by atoms with E-state index in [2.05, 4.69) is 34.1 Å². The summed E-state index contributed by atoms with van der Waals surface area (Å²) < 4.78 is 7.66. The van der Waals surface area contributed by atoms with Gasteiger partial charge in [0.1, 0.15) is 5.82 Å². The molecule has 0 spiro atoms. The van der Waals surface area contributed by atoms with Crippen LogP contribution in [0.15, 0.2) is 24.3 Å². The van der Waals surface area contributed by atoms with Crippen molar-refractivity contribution in [2.45, 2.75) is 62.7 Å². The molecule has 9 heteroatoms. The van der Waals surface area contributed by atoms with E-state index in [-0.39, 0.29) is 23.6 Å². The van der Waals surface area contributed by atoms with E-state index in [1.165, 1.54) is 29.3 Å². The number of aliphatic hydroxyl groups is 2. The minimum Gasteiger partial charge on any atom is -0.494 e. The number of nitrogens with zero attached hydrogens (tertiary/aromatic N) is 4. The Balaban J connectivity index is 1.03. The number of aliphatic hydroxyl groups excluding tert-OH is 2. The van der Waals surface area contributed by atoms with Crippen LogP contribution in [0.4, 0.5) is 5.82 Å². The number of hydrogen-bond acceptors (Lipinski definition) is 8. The van der Waals surface area contributed by atoms with Crippen molar-refractivity contribution in [2.75, 3.05) is 37.6 Å². The van der Waals surface area contributed by atoms with Gasteiger partial charge in [-0.3, -0.25) is 9.47 Å². The van der Waals surface area contributed by atoms with E-state index in [1.54, 1.807) is 16.1 Å². The zero-order valence-corrected chi connectivity index (χ0v) is 21.9. The van der Waals surface area contributed by atoms with Crippen LogP contribution in [-0.4, -0.2) is 79.2 Å². The lowest BCUT2D eigenvalue weighted by atomic mass is 9.78. The molecule has 2 bridgehead atoms. The van der Waals surface area contributed by atoms with Gasteiger partial charge in [-0.2, -0.15) is 4.37 Å². The summed E-state index contributed by atoms with van der Waals surface area (Å²) in [6, 6.07) is 8.46. The predicted octanol–water partition coefficient (Wildman–Crippen LogP) is 3.44. The van der Waals surface area contributed by atoms with Gasteiger partial charge in [0.25, 0.3) is 0 Å². The van der Waals surface area contributed by atoms with E-state index in [9.17, 15) is 20.4 Å². The fraction of sp³-hybridized carbons (Fsp3) is 0.607. The lowest BCUT2D eigenvalue weighted by Gasteiger charge is -2.40. The molecule has 0 amide bonds. The second kappa shape index (κ2) is 9.15. The number of piperazine rings is 1. The van der Waals surface area contributed by atoms with Crippen molar-refractivity contribution in [3.8, 4) is 11.8 Å². The Labute approximate surface area is 220 Å². The molecule has 6 atom stereocenters. The third-order valence-corrected chi connectivity index (χ3v) is 10.5. The fourth-order valence-corrected chi connectivity index (χ4v) is 8.51. The molecule has 4 N–H and O–H groups in total. The molecule has 1 aliphatic heterocycles. The first-order chi connectivity index (χ1) is 18.0. The third kappa shape index (κ3) is 3.77. The van der Waals surface area contributed by atoms with Crippen LogP contribution >= 0.6 is 11.5 Å². The Morgan fingerprint density at radius 2 is 1.46 bits per heavy atom. The van der Waals surface area contributed by atoms with Crippen molar-refractivity contribution in [2.24, 2.45) is 11.8 Å². The molecule has 2 saturated carbocycles. The molecule has 3 fully saturated rings. The normalized spacial score (nSPS) is 31.9. The molecule has 3 aromatic rings. The zero-order chi connectivity index (χ0) is 25.3. The molecular formula is C28H36N4O4S. The fourth-order valence-electron chi connectivity index (χ4n) is 7.72. The molecule has 7 rings (SSSR count). The summed E-state index contributed by atoms with van der Waals surface area (Å²) in [6.07, 6.45) is 3.56. The molecule has 3 aliphatic carbocycles. The van der Waals surface area contributed by atoms with Gasteiger partial charge in [-0.1, -0.05) is 25.0 Å². The lowest BCUT2D eigenvalue weighted by Crippen LogP contribution is -2.49. The Hall–Kier alpha value is -2.33. The van der Waals surface area contributed by atoms with E-state index in [4.69, 9.17) is 4.37 Å². The predicted molar refractivity (Wildman–Crippen MR) is 144 cm³/mol. The number of aromatic nitrogens is 2. The summed E-state index contributed by atoms with van der Waals surface area (Å²) in [5.41, 5.74) is 1.33. The maximum Gasteiger partial charge on any atom is 0.197 e. The largest absolute Gasteiger partial charge is 0.494 e. The first-order valence-electron chi connectivity index (χ1n) is 13.8. The molecule has 198 valence electrons. The van der Waals surface area contributed by atoms with Gasteiger partial charge in [0.05, 0.1) is 16.9 Å². The quantitative estimate of drug-likeness (QED) is 0.405. The molecule has 2 aromatic heterocycles. The number of rotatable bonds is 5. The minimum absolute atomic E-state index is 0.0966. The van der Waals surface area contributed by atoms with Gasteiger partial charge in [0.2, 0.25) is 0 Å². The highest BCUT2D eigenvalue weighted by Gasteiger charge is 2.54. The second-order valence-corrected chi connectivity index (χ2v) is 12.4. The van der Waals surface area contributed by atoms with E-state index >= 15 is 0 Å². The van der Waals surface area contributed by atoms with E-state index in [0.717, 1.165) is 45.0 Å². The summed E-state index contributed by atoms with van der Waals surface area (Å²) in [6.45, 7) is 5.62. The molecular weight excluding hydrogens is 488 g/mol. The Bertz CT molecular complexity index is 1260. The van der Waals surface area contributed by atoms with Crippen LogP contribution in [0.5, 0.6) is 11.8 Å². The van der Waals surface area contributed by atoms with Crippen molar-refractivity contribution in [1.29, 1.82) is 0 Å². The van der Waals surface area contributed by atoms with Crippen LogP contribution in [-0.2, 0) is 6.54 Å². The number of aromatic hydroxyl groups is 2. The molecule has 1 saturated heterocycles. The van der Waals surface area contributed by atoms with Gasteiger partial charge in [-0.15, -0.1) is 0 Å². The monoisotopic (exact) mass is 524 g/mol. The van der Waals surface area contributed by atoms with Crippen LogP contribution in [0, 0.1) is 11.8 Å². The lowest BCUT2D eigenvalue weighted by molar-refractivity contribution is 0.0211. The van der Waals surface area contributed by atoms with Crippen molar-refractivity contribution in [3.05, 3.63) is 35.4 Å². The SMILES string of the molecule is Oc1c2c(c(O)n1C[C@@H]1CCCC[C@H]1CN1CCN(c3nsc4ccccc34)CC1)[C@@H]1C[C@H]2[C@H](O)[C@H]1O. The molecule has 4 aliphatic rings. The van der Waals surface area contributed by atoms with Crippen LogP contribution in [0.25, 0.3) is 10.1 Å². The summed E-state index contributed by atoms with van der Waals surface area (Å²) in [5, 5.41) is 44.2. The van der Waals surface area contributed by atoms with Gasteiger partial charge in [-0.25, -0.2) is 0 Å². The van der Waals surface area contributed by atoms with Crippen molar-refractivity contribution >= 4 is 27.4 Å². The van der Waals surface area contributed by atoms with E-state index in [1.807, 2.05) is 0 Å². The zero-order valence-electron chi connectivity index (χ0n) is 21.0. The summed E-state index contributed by atoms with van der Waals surface area (Å²) in [7, 11) is 0. The van der Waals surface area contributed by atoms with Crippen LogP contribution in [0.1, 0.15) is 55.1 Å². The Kier molecular flexibility index (Phi) is 5.88. The van der Waals surface area contributed by atoms with Crippen LogP contribution in [0.3, 0.4) is 0 Å². The summed E-state index contributed by atoms with van der Waals surface area (Å²) >= 11 is 1.58. The van der Waals surface area contributed by atoms with Gasteiger partial charge in [0.15, 0.2) is 11.8 Å². The first-order valence-corrected chi connectivity index (χ1v) is 14.6. The average molecular weight is 525 g/mol. The summed E-state index contributed by atoms with van der Waals surface area (Å²) in [4.78, 5) is 5.00. The van der Waals surface area contributed by atoms with Crippen LogP contribution in [0.2, 0.25) is 0 Å². The molecule has 3 heterocycles.